The molecule has 1 fully saturated rings. The van der Waals surface area contributed by atoms with Crippen LogP contribution in [0.3, 0.4) is 0 Å². The average molecular weight is 301 g/mol. The minimum atomic E-state index is -0.130. The van der Waals surface area contributed by atoms with E-state index < -0.39 is 0 Å². The van der Waals surface area contributed by atoms with Gasteiger partial charge in [0.05, 0.1) is 6.10 Å². The molecule has 1 saturated heterocycles. The normalized spacial score (nSPS) is 17.6. The van der Waals surface area contributed by atoms with Gasteiger partial charge in [-0.3, -0.25) is 4.79 Å². The zero-order valence-corrected chi connectivity index (χ0v) is 12.5. The first kappa shape index (κ1) is 14.7. The molecule has 1 aromatic carbocycles. The molecule has 1 aliphatic rings. The Bertz CT molecular complexity index is 630. The van der Waals surface area contributed by atoms with Crippen LogP contribution in [0.25, 0.3) is 11.5 Å². The van der Waals surface area contributed by atoms with Gasteiger partial charge in [-0.25, -0.2) is 0 Å². The third kappa shape index (κ3) is 3.71. The summed E-state index contributed by atoms with van der Waals surface area (Å²) in [5.41, 5.74) is 2.01. The molecule has 0 spiro atoms. The lowest BCUT2D eigenvalue weighted by Gasteiger charge is -2.09. The molecule has 3 rings (SSSR count). The maximum absolute atomic E-state index is 11.9. The second kappa shape index (κ2) is 6.70. The van der Waals surface area contributed by atoms with E-state index in [1.807, 2.05) is 31.2 Å². The van der Waals surface area contributed by atoms with Crippen molar-refractivity contribution >= 4 is 5.91 Å². The number of aromatic nitrogens is 2. The summed E-state index contributed by atoms with van der Waals surface area (Å²) >= 11 is 0. The highest BCUT2D eigenvalue weighted by atomic mass is 16.5. The van der Waals surface area contributed by atoms with Gasteiger partial charge in [-0.15, -0.1) is 10.2 Å². The molecule has 0 radical (unpaired) electrons. The first-order chi connectivity index (χ1) is 10.7. The van der Waals surface area contributed by atoms with Gasteiger partial charge in [0.2, 0.25) is 17.7 Å². The SMILES string of the molecule is Cc1ccc(-c2nnc(CC(=O)NCC3CCCO3)o2)cc1. The van der Waals surface area contributed by atoms with Crippen molar-refractivity contribution in [1.29, 1.82) is 0 Å². The van der Waals surface area contributed by atoms with Crippen molar-refractivity contribution in [3.8, 4) is 11.5 Å². The highest BCUT2D eigenvalue weighted by molar-refractivity contribution is 5.77. The summed E-state index contributed by atoms with van der Waals surface area (Å²) in [7, 11) is 0. The number of amides is 1. The molecular formula is C16H19N3O3. The summed E-state index contributed by atoms with van der Waals surface area (Å²) in [6, 6.07) is 7.80. The standard InChI is InChI=1S/C16H19N3O3/c1-11-4-6-12(7-5-11)16-19-18-15(22-16)9-14(20)17-10-13-3-2-8-21-13/h4-7,13H,2-3,8-10H2,1H3,(H,17,20). The Balaban J connectivity index is 1.54. The zero-order chi connectivity index (χ0) is 15.4. The summed E-state index contributed by atoms with van der Waals surface area (Å²) in [5, 5.41) is 10.7. The van der Waals surface area contributed by atoms with E-state index in [2.05, 4.69) is 15.5 Å². The molecule has 22 heavy (non-hydrogen) atoms. The second-order valence-corrected chi connectivity index (χ2v) is 5.48. The molecule has 1 atom stereocenters. The Labute approximate surface area is 128 Å². The Morgan fingerprint density at radius 2 is 2.14 bits per heavy atom. The number of rotatable bonds is 5. The zero-order valence-electron chi connectivity index (χ0n) is 12.5. The average Bonchev–Trinajstić information content (AvgIpc) is 3.17. The fourth-order valence-electron chi connectivity index (χ4n) is 2.37. The number of aryl methyl sites for hydroxylation is 1. The van der Waals surface area contributed by atoms with Crippen molar-refractivity contribution in [3.05, 3.63) is 35.7 Å². The first-order valence-corrected chi connectivity index (χ1v) is 7.48. The van der Waals surface area contributed by atoms with Gasteiger partial charge in [-0.1, -0.05) is 17.7 Å². The number of carbonyl (C=O) groups excluding carboxylic acids is 1. The molecule has 1 amide bonds. The van der Waals surface area contributed by atoms with Crippen molar-refractivity contribution in [2.45, 2.75) is 32.3 Å². The number of ether oxygens (including phenoxy) is 1. The van der Waals surface area contributed by atoms with Gasteiger partial charge < -0.3 is 14.5 Å². The van der Waals surface area contributed by atoms with Crippen LogP contribution in [0.1, 0.15) is 24.3 Å². The molecule has 1 N–H and O–H groups in total. The Morgan fingerprint density at radius 3 is 2.86 bits per heavy atom. The van der Waals surface area contributed by atoms with Gasteiger partial charge in [0, 0.05) is 18.7 Å². The maximum atomic E-state index is 11.9. The van der Waals surface area contributed by atoms with E-state index in [9.17, 15) is 4.79 Å². The lowest BCUT2D eigenvalue weighted by atomic mass is 10.1. The summed E-state index contributed by atoms with van der Waals surface area (Å²) < 4.78 is 11.0. The quantitative estimate of drug-likeness (QED) is 0.912. The second-order valence-electron chi connectivity index (χ2n) is 5.48. The topological polar surface area (TPSA) is 77.2 Å². The van der Waals surface area contributed by atoms with Crippen molar-refractivity contribution in [2.24, 2.45) is 0 Å². The van der Waals surface area contributed by atoms with E-state index in [0.29, 0.717) is 18.3 Å². The molecule has 0 saturated carbocycles. The van der Waals surface area contributed by atoms with E-state index in [4.69, 9.17) is 9.15 Å². The number of nitrogens with zero attached hydrogens (tertiary/aromatic N) is 2. The highest BCUT2D eigenvalue weighted by Crippen LogP contribution is 2.18. The predicted molar refractivity (Wildman–Crippen MR) is 80.2 cm³/mol. The van der Waals surface area contributed by atoms with Gasteiger partial charge in [-0.2, -0.15) is 0 Å². The Morgan fingerprint density at radius 1 is 1.32 bits per heavy atom. The summed E-state index contributed by atoms with van der Waals surface area (Å²) in [4.78, 5) is 11.9. The molecular weight excluding hydrogens is 282 g/mol. The molecule has 1 aromatic heterocycles. The van der Waals surface area contributed by atoms with Gasteiger partial charge in [-0.05, 0) is 31.9 Å². The van der Waals surface area contributed by atoms with Gasteiger partial charge in [0.15, 0.2) is 0 Å². The van der Waals surface area contributed by atoms with Crippen LogP contribution in [0, 0.1) is 6.92 Å². The van der Waals surface area contributed by atoms with Gasteiger partial charge >= 0.3 is 0 Å². The number of benzene rings is 1. The summed E-state index contributed by atoms with van der Waals surface area (Å²) in [6.07, 6.45) is 2.28. The fourth-order valence-corrected chi connectivity index (χ4v) is 2.37. The lowest BCUT2D eigenvalue weighted by molar-refractivity contribution is -0.121. The number of nitrogens with one attached hydrogen (secondary N) is 1. The molecule has 0 aliphatic carbocycles. The first-order valence-electron chi connectivity index (χ1n) is 7.48. The summed E-state index contributed by atoms with van der Waals surface area (Å²) in [5.74, 6) is 0.622. The minimum absolute atomic E-state index is 0.0889. The third-order valence-corrected chi connectivity index (χ3v) is 3.63. The van der Waals surface area contributed by atoms with E-state index >= 15 is 0 Å². The number of carbonyl (C=O) groups is 1. The molecule has 6 nitrogen and oxygen atoms in total. The minimum Gasteiger partial charge on any atom is -0.420 e. The molecule has 6 heteroatoms. The van der Waals surface area contributed by atoms with Crippen LogP contribution in [0.15, 0.2) is 28.7 Å². The van der Waals surface area contributed by atoms with Crippen LogP contribution in [0.5, 0.6) is 0 Å². The van der Waals surface area contributed by atoms with Crippen molar-refractivity contribution < 1.29 is 13.9 Å². The van der Waals surface area contributed by atoms with Crippen LogP contribution in [0.2, 0.25) is 0 Å². The number of hydrogen-bond donors (Lipinski definition) is 1. The van der Waals surface area contributed by atoms with E-state index in [-0.39, 0.29) is 18.4 Å². The van der Waals surface area contributed by atoms with Crippen molar-refractivity contribution in [2.75, 3.05) is 13.2 Å². The van der Waals surface area contributed by atoms with Crippen molar-refractivity contribution in [1.82, 2.24) is 15.5 Å². The van der Waals surface area contributed by atoms with Gasteiger partial charge in [0.1, 0.15) is 6.42 Å². The lowest BCUT2D eigenvalue weighted by Crippen LogP contribution is -2.32. The molecule has 2 aromatic rings. The maximum Gasteiger partial charge on any atom is 0.247 e. The smallest absolute Gasteiger partial charge is 0.247 e. The molecule has 1 aliphatic heterocycles. The molecule has 0 bridgehead atoms. The van der Waals surface area contributed by atoms with Crippen LogP contribution < -0.4 is 5.32 Å². The van der Waals surface area contributed by atoms with Crippen LogP contribution in [-0.4, -0.2) is 35.4 Å². The predicted octanol–water partition coefficient (Wildman–Crippen LogP) is 1.88. The van der Waals surface area contributed by atoms with E-state index in [1.54, 1.807) is 0 Å². The molecule has 116 valence electrons. The van der Waals surface area contributed by atoms with Crippen LogP contribution in [0.4, 0.5) is 0 Å². The van der Waals surface area contributed by atoms with Gasteiger partial charge in [0.25, 0.3) is 0 Å². The Kier molecular flexibility index (Phi) is 4.48. The third-order valence-electron chi connectivity index (χ3n) is 3.63. The fraction of sp³-hybridized carbons (Fsp3) is 0.438. The number of hydrogen-bond acceptors (Lipinski definition) is 5. The monoisotopic (exact) mass is 301 g/mol. The van der Waals surface area contributed by atoms with E-state index in [0.717, 1.165) is 30.6 Å². The van der Waals surface area contributed by atoms with Crippen LogP contribution >= 0.6 is 0 Å². The summed E-state index contributed by atoms with van der Waals surface area (Å²) in [6.45, 7) is 3.34. The van der Waals surface area contributed by atoms with Crippen molar-refractivity contribution in [3.63, 3.8) is 0 Å². The highest BCUT2D eigenvalue weighted by Gasteiger charge is 2.17. The van der Waals surface area contributed by atoms with E-state index in [1.165, 1.54) is 0 Å². The molecule has 1 unspecified atom stereocenters. The Hall–Kier alpha value is -2.21. The largest absolute Gasteiger partial charge is 0.420 e. The molecule has 2 heterocycles. The van der Waals surface area contributed by atoms with Crippen LogP contribution in [-0.2, 0) is 16.0 Å².